The molecule has 126 valence electrons. The van der Waals surface area contributed by atoms with Crippen LogP contribution in [0.25, 0.3) is 5.65 Å². The van der Waals surface area contributed by atoms with Gasteiger partial charge in [0.05, 0.1) is 6.61 Å². The van der Waals surface area contributed by atoms with E-state index >= 15 is 0 Å². The minimum atomic E-state index is -4.62. The first kappa shape index (κ1) is 16.0. The van der Waals surface area contributed by atoms with Gasteiger partial charge in [-0.3, -0.25) is 0 Å². The zero-order valence-corrected chi connectivity index (χ0v) is 12.9. The summed E-state index contributed by atoms with van der Waals surface area (Å²) in [5.74, 6) is -0.779. The Morgan fingerprint density at radius 2 is 1.91 bits per heavy atom. The Morgan fingerprint density at radius 1 is 1.22 bits per heavy atom. The Hall–Kier alpha value is -1.90. The Bertz CT molecular complexity index is 731. The summed E-state index contributed by atoms with van der Waals surface area (Å²) in [6.45, 7) is 4.00. The van der Waals surface area contributed by atoms with Crippen molar-refractivity contribution in [3.05, 3.63) is 17.0 Å². The number of anilines is 1. The summed E-state index contributed by atoms with van der Waals surface area (Å²) < 4.78 is 39.7. The van der Waals surface area contributed by atoms with Crippen molar-refractivity contribution in [3.63, 3.8) is 0 Å². The average molecular weight is 329 g/mol. The molecule has 0 amide bonds. The van der Waals surface area contributed by atoms with Crippen LogP contribution < -0.4 is 5.32 Å². The lowest BCUT2D eigenvalue weighted by Crippen LogP contribution is -2.40. The van der Waals surface area contributed by atoms with Crippen molar-refractivity contribution in [3.8, 4) is 0 Å². The third-order valence-electron chi connectivity index (χ3n) is 4.73. The lowest BCUT2D eigenvalue weighted by molar-refractivity contribution is -0.146. The molecule has 0 saturated heterocycles. The van der Waals surface area contributed by atoms with Gasteiger partial charge >= 0.3 is 6.18 Å². The molecule has 0 spiro atoms. The van der Waals surface area contributed by atoms with Crippen LogP contribution in [0.2, 0.25) is 0 Å². The highest BCUT2D eigenvalue weighted by atomic mass is 19.4. The number of nitrogens with one attached hydrogen (secondary N) is 1. The number of aliphatic hydroxyl groups is 1. The smallest absolute Gasteiger partial charge is 0.396 e. The number of aromatic nitrogens is 4. The van der Waals surface area contributed by atoms with Crippen molar-refractivity contribution < 1.29 is 18.3 Å². The molecule has 2 N–H and O–H groups in total. The van der Waals surface area contributed by atoms with Crippen LogP contribution in [0.1, 0.15) is 36.2 Å². The SMILES string of the molecule is Cc1c(NCC2(CO)CCC2)nn2c(C(F)(F)F)nnc2c1C. The van der Waals surface area contributed by atoms with E-state index in [1.165, 1.54) is 0 Å². The fourth-order valence-corrected chi connectivity index (χ4v) is 2.81. The number of halogens is 3. The van der Waals surface area contributed by atoms with Crippen LogP contribution in [-0.4, -0.2) is 38.1 Å². The summed E-state index contributed by atoms with van der Waals surface area (Å²) in [6, 6.07) is 0. The van der Waals surface area contributed by atoms with Crippen molar-refractivity contribution in [1.82, 2.24) is 19.8 Å². The molecule has 2 heterocycles. The molecular formula is C14H18F3N5O. The largest absolute Gasteiger partial charge is 0.453 e. The fraction of sp³-hybridized carbons (Fsp3) is 0.643. The van der Waals surface area contributed by atoms with Gasteiger partial charge in [-0.05, 0) is 32.3 Å². The van der Waals surface area contributed by atoms with Gasteiger partial charge in [0.2, 0.25) is 0 Å². The molecule has 3 rings (SSSR count). The van der Waals surface area contributed by atoms with Gasteiger partial charge in [-0.2, -0.15) is 17.7 Å². The molecule has 0 bridgehead atoms. The van der Waals surface area contributed by atoms with Crippen LogP contribution >= 0.6 is 0 Å². The minimum absolute atomic E-state index is 0.0563. The summed E-state index contributed by atoms with van der Waals surface area (Å²) in [5.41, 5.74) is 1.22. The number of hydrogen-bond donors (Lipinski definition) is 2. The lowest BCUT2D eigenvalue weighted by atomic mass is 9.69. The van der Waals surface area contributed by atoms with Gasteiger partial charge in [0, 0.05) is 17.5 Å². The predicted molar refractivity (Wildman–Crippen MR) is 77.1 cm³/mol. The molecule has 1 aliphatic rings. The van der Waals surface area contributed by atoms with Crippen molar-refractivity contribution >= 4 is 11.5 Å². The van der Waals surface area contributed by atoms with E-state index in [0.29, 0.717) is 17.9 Å². The van der Waals surface area contributed by atoms with E-state index in [1.807, 2.05) is 0 Å². The van der Waals surface area contributed by atoms with Crippen LogP contribution in [0.4, 0.5) is 19.0 Å². The van der Waals surface area contributed by atoms with Crippen LogP contribution in [0.5, 0.6) is 0 Å². The van der Waals surface area contributed by atoms with E-state index in [0.717, 1.165) is 29.3 Å². The summed E-state index contributed by atoms with van der Waals surface area (Å²) in [4.78, 5) is 0. The number of hydrogen-bond acceptors (Lipinski definition) is 5. The molecule has 2 aromatic rings. The molecule has 0 aliphatic heterocycles. The summed E-state index contributed by atoms with van der Waals surface area (Å²) >= 11 is 0. The Labute approximate surface area is 130 Å². The van der Waals surface area contributed by atoms with Crippen molar-refractivity contribution in [2.45, 2.75) is 39.3 Å². The Kier molecular flexibility index (Phi) is 3.70. The van der Waals surface area contributed by atoms with Crippen molar-refractivity contribution in [2.24, 2.45) is 5.41 Å². The molecule has 0 atom stereocenters. The minimum Gasteiger partial charge on any atom is -0.396 e. The third-order valence-corrected chi connectivity index (χ3v) is 4.73. The standard InChI is InChI=1S/C14H18F3N5O/c1-8-9(2)11-19-20-12(14(15,16)17)22(11)21-10(8)18-6-13(7-23)4-3-5-13/h23H,3-7H2,1-2H3,(H,18,21). The molecule has 0 aromatic carbocycles. The lowest BCUT2D eigenvalue weighted by Gasteiger charge is -2.40. The van der Waals surface area contributed by atoms with Gasteiger partial charge < -0.3 is 10.4 Å². The molecule has 9 heteroatoms. The number of fused-ring (bicyclic) bond motifs is 1. The average Bonchev–Trinajstić information content (AvgIpc) is 2.87. The zero-order chi connectivity index (χ0) is 16.8. The summed E-state index contributed by atoms with van der Waals surface area (Å²) in [5, 5.41) is 23.4. The van der Waals surface area contributed by atoms with Crippen molar-refractivity contribution in [2.75, 3.05) is 18.5 Å². The van der Waals surface area contributed by atoms with Gasteiger partial charge in [0.25, 0.3) is 5.82 Å². The number of alkyl halides is 3. The van der Waals surface area contributed by atoms with E-state index in [4.69, 9.17) is 0 Å². The molecule has 1 saturated carbocycles. The molecule has 2 aromatic heterocycles. The first-order chi connectivity index (χ1) is 10.8. The molecule has 1 fully saturated rings. The fourth-order valence-electron chi connectivity index (χ4n) is 2.81. The number of rotatable bonds is 4. The highest BCUT2D eigenvalue weighted by Crippen LogP contribution is 2.40. The Balaban J connectivity index is 1.98. The van der Waals surface area contributed by atoms with E-state index in [9.17, 15) is 18.3 Å². The summed E-state index contributed by atoms with van der Waals surface area (Å²) in [6.07, 6.45) is -1.77. The van der Waals surface area contributed by atoms with Gasteiger partial charge in [-0.15, -0.1) is 15.3 Å². The molecular weight excluding hydrogens is 311 g/mol. The number of aryl methyl sites for hydroxylation is 1. The molecule has 1 aliphatic carbocycles. The molecule has 23 heavy (non-hydrogen) atoms. The predicted octanol–water partition coefficient (Wildman–Crippen LogP) is 2.33. The molecule has 6 nitrogen and oxygen atoms in total. The van der Waals surface area contributed by atoms with Crippen LogP contribution in [-0.2, 0) is 6.18 Å². The maximum Gasteiger partial charge on any atom is 0.453 e. The highest BCUT2D eigenvalue weighted by Gasteiger charge is 2.39. The highest BCUT2D eigenvalue weighted by molar-refractivity contribution is 5.58. The first-order valence-electron chi connectivity index (χ1n) is 7.42. The van der Waals surface area contributed by atoms with Gasteiger partial charge in [0.1, 0.15) is 5.82 Å². The number of aliphatic hydroxyl groups excluding tert-OH is 1. The van der Waals surface area contributed by atoms with Gasteiger partial charge in [0.15, 0.2) is 5.65 Å². The topological polar surface area (TPSA) is 75.3 Å². The van der Waals surface area contributed by atoms with E-state index in [2.05, 4.69) is 20.6 Å². The maximum absolute atomic E-state index is 13.0. The van der Waals surface area contributed by atoms with E-state index in [1.54, 1.807) is 13.8 Å². The van der Waals surface area contributed by atoms with Crippen LogP contribution in [0.15, 0.2) is 0 Å². The number of nitrogens with zero attached hydrogens (tertiary/aromatic N) is 4. The van der Waals surface area contributed by atoms with E-state index < -0.39 is 12.0 Å². The third kappa shape index (κ3) is 2.62. The van der Waals surface area contributed by atoms with Crippen molar-refractivity contribution in [1.29, 1.82) is 0 Å². The molecule has 0 unspecified atom stereocenters. The monoisotopic (exact) mass is 329 g/mol. The second-order valence-corrected chi connectivity index (χ2v) is 6.22. The van der Waals surface area contributed by atoms with E-state index in [-0.39, 0.29) is 17.7 Å². The Morgan fingerprint density at radius 3 is 2.43 bits per heavy atom. The zero-order valence-electron chi connectivity index (χ0n) is 12.9. The second kappa shape index (κ2) is 5.33. The molecule has 0 radical (unpaired) electrons. The van der Waals surface area contributed by atoms with Crippen LogP contribution in [0.3, 0.4) is 0 Å². The summed E-state index contributed by atoms with van der Waals surface area (Å²) in [7, 11) is 0. The van der Waals surface area contributed by atoms with Gasteiger partial charge in [-0.25, -0.2) is 0 Å². The quantitative estimate of drug-likeness (QED) is 0.900. The van der Waals surface area contributed by atoms with Crippen LogP contribution in [0, 0.1) is 19.3 Å². The normalized spacial score (nSPS) is 17.3. The van der Waals surface area contributed by atoms with Gasteiger partial charge in [-0.1, -0.05) is 6.42 Å². The first-order valence-corrected chi connectivity index (χ1v) is 7.42. The maximum atomic E-state index is 13.0. The second-order valence-electron chi connectivity index (χ2n) is 6.22.